The molecule has 0 saturated carbocycles. The predicted octanol–water partition coefficient (Wildman–Crippen LogP) is 14.6. The van der Waals surface area contributed by atoms with Gasteiger partial charge in [-0.2, -0.15) is 0 Å². The Labute approximate surface area is 436 Å². The minimum Gasteiger partial charge on any atom is -0.507 e. The number of amides is 2. The highest BCUT2D eigenvalue weighted by Crippen LogP contribution is 2.44. The predicted molar refractivity (Wildman–Crippen MR) is 299 cm³/mol. The van der Waals surface area contributed by atoms with Gasteiger partial charge in [-0.3, -0.25) is 9.59 Å². The van der Waals surface area contributed by atoms with Gasteiger partial charge in [0.1, 0.15) is 23.0 Å². The van der Waals surface area contributed by atoms with E-state index in [9.17, 15) is 19.8 Å². The number of benzene rings is 4. The highest BCUT2D eigenvalue weighted by atomic mass is 16.5. The van der Waals surface area contributed by atoms with Gasteiger partial charge in [-0.15, -0.1) is 0 Å². The van der Waals surface area contributed by atoms with Gasteiger partial charge >= 0.3 is 0 Å². The number of hydrogen-bond acceptors (Lipinski definition) is 6. The van der Waals surface area contributed by atoms with Crippen molar-refractivity contribution >= 4 is 11.8 Å². The molecule has 4 aromatic rings. The topological polar surface area (TPSA) is 99.5 Å². The van der Waals surface area contributed by atoms with Crippen LogP contribution in [0.15, 0.2) is 48.5 Å². The number of rotatable bonds is 18. The van der Waals surface area contributed by atoms with E-state index in [0.717, 1.165) is 118 Å². The van der Waals surface area contributed by atoms with Gasteiger partial charge in [0.25, 0.3) is 11.8 Å². The standard InChI is InChI=1S/C64H94N2O6/c1-17-21-25-65(26-22-18-2)55(67)41-71-59-47-29-43-33-51(61(5,6)7)35-45(57(43)69)31-49-39-54(64(14,15)16)40-50(60(49)72-42-56(68)66(27-23-19-3)28-24-20-4)32-46-36-52(62(8,9)10)34-44(58(46)70)30-48(59)38-53(37-47)63(11,12)13/h33-40,69-70H,17-32,41-42H2,1-16H3. The molecule has 5 rings (SSSR count). The summed E-state index contributed by atoms with van der Waals surface area (Å²) in [6, 6.07) is 17.3. The van der Waals surface area contributed by atoms with Crippen molar-refractivity contribution in [2.45, 2.75) is 209 Å². The van der Waals surface area contributed by atoms with E-state index in [1.54, 1.807) is 0 Å². The molecule has 0 spiro atoms. The largest absolute Gasteiger partial charge is 0.507 e. The van der Waals surface area contributed by atoms with Crippen LogP contribution in [0.4, 0.5) is 0 Å². The van der Waals surface area contributed by atoms with E-state index in [2.05, 4.69) is 159 Å². The van der Waals surface area contributed by atoms with Gasteiger partial charge in [-0.25, -0.2) is 0 Å². The molecule has 0 atom stereocenters. The number of carbonyl (C=O) groups is 2. The van der Waals surface area contributed by atoms with Gasteiger partial charge in [0.2, 0.25) is 0 Å². The third-order valence-corrected chi connectivity index (χ3v) is 14.5. The zero-order valence-corrected chi connectivity index (χ0v) is 47.8. The lowest BCUT2D eigenvalue weighted by atomic mass is 9.79. The fraction of sp³-hybridized carbons (Fsp3) is 0.594. The van der Waals surface area contributed by atoms with Crippen molar-refractivity contribution in [3.8, 4) is 23.0 Å². The summed E-state index contributed by atoms with van der Waals surface area (Å²) in [5, 5.41) is 25.5. The van der Waals surface area contributed by atoms with Crippen molar-refractivity contribution in [3.63, 3.8) is 0 Å². The molecule has 0 unspecified atom stereocenters. The number of phenols is 2. The number of carbonyl (C=O) groups excluding carboxylic acids is 2. The third-order valence-electron chi connectivity index (χ3n) is 14.5. The molecule has 0 heterocycles. The van der Waals surface area contributed by atoms with Crippen molar-refractivity contribution in [1.29, 1.82) is 0 Å². The number of nitrogens with zero attached hydrogens (tertiary/aromatic N) is 2. The van der Waals surface area contributed by atoms with Crippen LogP contribution in [0.3, 0.4) is 0 Å². The van der Waals surface area contributed by atoms with Crippen LogP contribution in [0.1, 0.15) is 229 Å². The second-order valence-corrected chi connectivity index (χ2v) is 25.0. The summed E-state index contributed by atoms with van der Waals surface area (Å²) in [6.07, 6.45) is 9.03. The van der Waals surface area contributed by atoms with Crippen molar-refractivity contribution < 1.29 is 29.3 Å². The Bertz CT molecular complexity index is 2200. The maximum Gasteiger partial charge on any atom is 0.260 e. The highest BCUT2D eigenvalue weighted by molar-refractivity contribution is 5.78. The molecule has 0 aromatic heterocycles. The van der Waals surface area contributed by atoms with Crippen LogP contribution in [-0.4, -0.2) is 71.2 Å². The molecule has 0 fully saturated rings. The quantitative estimate of drug-likeness (QED) is 0.0907. The molecule has 72 heavy (non-hydrogen) atoms. The average molecular weight is 987 g/mol. The summed E-state index contributed by atoms with van der Waals surface area (Å²) in [5.74, 6) is 1.56. The first-order valence-corrected chi connectivity index (χ1v) is 27.5. The van der Waals surface area contributed by atoms with E-state index in [1.807, 2.05) is 9.80 Å². The van der Waals surface area contributed by atoms with Gasteiger partial charge in [-0.1, -0.05) is 185 Å². The second kappa shape index (κ2) is 24.4. The Morgan fingerprint density at radius 2 is 0.611 bits per heavy atom. The Kier molecular flexibility index (Phi) is 19.6. The van der Waals surface area contributed by atoms with Crippen molar-refractivity contribution in [1.82, 2.24) is 9.80 Å². The number of fused-ring (bicyclic) bond motifs is 8. The normalized spacial score (nSPS) is 13.2. The second-order valence-electron chi connectivity index (χ2n) is 25.0. The first kappa shape index (κ1) is 57.9. The smallest absolute Gasteiger partial charge is 0.260 e. The lowest BCUT2D eigenvalue weighted by Gasteiger charge is -2.29. The zero-order chi connectivity index (χ0) is 53.3. The van der Waals surface area contributed by atoms with Gasteiger partial charge < -0.3 is 29.5 Å². The molecule has 1 aliphatic rings. The van der Waals surface area contributed by atoms with Crippen molar-refractivity contribution in [3.05, 3.63) is 115 Å². The van der Waals surface area contributed by atoms with Gasteiger partial charge in [0, 0.05) is 51.9 Å². The van der Waals surface area contributed by atoms with Crippen LogP contribution in [0.25, 0.3) is 0 Å². The first-order valence-electron chi connectivity index (χ1n) is 27.5. The Hall–Kier alpha value is -4.98. The zero-order valence-electron chi connectivity index (χ0n) is 47.8. The molecule has 0 aliphatic heterocycles. The van der Waals surface area contributed by atoms with Crippen LogP contribution in [0.2, 0.25) is 0 Å². The molecular formula is C64H94N2O6. The maximum atomic E-state index is 14.2. The number of hydrogen-bond donors (Lipinski definition) is 2. The number of phenolic OH excluding ortho intramolecular Hbond substituents is 2. The van der Waals surface area contributed by atoms with Crippen molar-refractivity contribution in [2.24, 2.45) is 0 Å². The van der Waals surface area contributed by atoms with Crippen LogP contribution in [0.5, 0.6) is 23.0 Å². The Morgan fingerprint density at radius 1 is 0.403 bits per heavy atom. The van der Waals surface area contributed by atoms with Crippen LogP contribution in [-0.2, 0) is 56.9 Å². The molecule has 4 aromatic carbocycles. The van der Waals surface area contributed by atoms with Crippen LogP contribution >= 0.6 is 0 Å². The Morgan fingerprint density at radius 3 is 0.806 bits per heavy atom. The molecule has 0 saturated heterocycles. The monoisotopic (exact) mass is 987 g/mol. The van der Waals surface area contributed by atoms with Crippen molar-refractivity contribution in [2.75, 3.05) is 39.4 Å². The van der Waals surface area contributed by atoms with Crippen LogP contribution in [0, 0.1) is 0 Å². The maximum absolute atomic E-state index is 14.2. The van der Waals surface area contributed by atoms with Gasteiger partial charge in [-0.05, 0) is 114 Å². The summed E-state index contributed by atoms with van der Waals surface area (Å²) in [4.78, 5) is 32.3. The van der Waals surface area contributed by atoms with E-state index in [1.165, 1.54) is 0 Å². The molecule has 396 valence electrons. The molecule has 2 amide bonds. The van der Waals surface area contributed by atoms with E-state index in [0.29, 0.717) is 63.4 Å². The fourth-order valence-electron chi connectivity index (χ4n) is 9.59. The number of aromatic hydroxyl groups is 2. The average Bonchev–Trinajstić information content (AvgIpc) is 3.28. The van der Waals surface area contributed by atoms with E-state index >= 15 is 0 Å². The minimum atomic E-state index is -0.266. The summed E-state index contributed by atoms with van der Waals surface area (Å²) in [5.41, 5.74) is 9.86. The first-order chi connectivity index (χ1) is 33.7. The molecule has 1 aliphatic carbocycles. The molecule has 0 radical (unpaired) electrons. The highest BCUT2D eigenvalue weighted by Gasteiger charge is 2.30. The fourth-order valence-corrected chi connectivity index (χ4v) is 9.59. The molecule has 8 bridgehead atoms. The summed E-state index contributed by atoms with van der Waals surface area (Å²) >= 11 is 0. The molecule has 8 nitrogen and oxygen atoms in total. The van der Waals surface area contributed by atoms with E-state index in [4.69, 9.17) is 9.47 Å². The van der Waals surface area contributed by atoms with Gasteiger partial charge in [0.05, 0.1) is 0 Å². The molecular weight excluding hydrogens is 893 g/mol. The number of ether oxygens (including phenoxy) is 2. The lowest BCUT2D eigenvalue weighted by molar-refractivity contribution is -0.134. The Balaban J connectivity index is 1.87. The van der Waals surface area contributed by atoms with E-state index in [-0.39, 0.29) is 58.2 Å². The van der Waals surface area contributed by atoms with Crippen LogP contribution < -0.4 is 9.47 Å². The number of unbranched alkanes of at least 4 members (excludes halogenated alkanes) is 4. The molecule has 8 heteroatoms. The lowest BCUT2D eigenvalue weighted by Crippen LogP contribution is -2.36. The summed E-state index contributed by atoms with van der Waals surface area (Å²) in [7, 11) is 0. The van der Waals surface area contributed by atoms with Gasteiger partial charge in [0.15, 0.2) is 13.2 Å². The SMILES string of the molecule is CCCCN(CCCC)C(=O)COc1c2cc(C(C)(C)C)cc1Cc1cc(C(C)(C)C)cc(c1O)Cc1cc(C(C)(C)C)cc(c1OCC(=O)N(CCCC)CCCC)Cc1cc(C(C)(C)C)cc(c1O)C2. The minimum absolute atomic E-state index is 0.0410. The summed E-state index contributed by atoms with van der Waals surface area (Å²) < 4.78 is 13.8. The summed E-state index contributed by atoms with van der Waals surface area (Å²) in [6.45, 7) is 37.5. The third kappa shape index (κ3) is 15.1. The molecule has 2 N–H and O–H groups in total. The van der Waals surface area contributed by atoms with E-state index < -0.39 is 0 Å².